The van der Waals surface area contributed by atoms with E-state index in [0.717, 1.165) is 12.3 Å². The molecule has 0 aliphatic carbocycles. The second-order valence-electron chi connectivity index (χ2n) is 4.44. The maximum Gasteiger partial charge on any atom is 0.118 e. The van der Waals surface area contributed by atoms with Crippen LogP contribution in [0.2, 0.25) is 0 Å². The van der Waals surface area contributed by atoms with E-state index in [0.29, 0.717) is 0 Å². The molecule has 0 saturated carbocycles. The minimum absolute atomic E-state index is 0. The minimum atomic E-state index is 0. The van der Waals surface area contributed by atoms with E-state index >= 15 is 0 Å². The maximum atomic E-state index is 5.17. The summed E-state index contributed by atoms with van der Waals surface area (Å²) in [4.78, 5) is 0. The number of hydrogen-bond donors (Lipinski definition) is 1. The fourth-order valence-corrected chi connectivity index (χ4v) is 2.26. The summed E-state index contributed by atoms with van der Waals surface area (Å²) >= 11 is 0. The molecule has 2 rings (SSSR count). The van der Waals surface area contributed by atoms with E-state index in [-0.39, 0.29) is 17.9 Å². The zero-order valence-electron chi connectivity index (χ0n) is 9.95. The largest absolute Gasteiger partial charge is 0.497 e. The van der Waals surface area contributed by atoms with Crippen molar-refractivity contribution >= 4 is 12.4 Å². The first-order valence-corrected chi connectivity index (χ1v) is 5.64. The maximum absolute atomic E-state index is 5.17. The Morgan fingerprint density at radius 3 is 2.38 bits per heavy atom. The van der Waals surface area contributed by atoms with Gasteiger partial charge in [-0.25, -0.2) is 0 Å². The molecule has 2 nitrogen and oxygen atoms in total. The van der Waals surface area contributed by atoms with E-state index in [1.165, 1.54) is 24.8 Å². The van der Waals surface area contributed by atoms with Crippen LogP contribution in [0.4, 0.5) is 0 Å². The average Bonchev–Trinajstić information content (AvgIpc) is 2.30. The van der Waals surface area contributed by atoms with Crippen LogP contribution in [-0.2, 0) is 5.54 Å². The van der Waals surface area contributed by atoms with Crippen molar-refractivity contribution in [1.29, 1.82) is 0 Å². The van der Waals surface area contributed by atoms with Gasteiger partial charge in [0.15, 0.2) is 0 Å². The fourth-order valence-electron chi connectivity index (χ4n) is 2.26. The second kappa shape index (κ2) is 5.55. The molecule has 0 bridgehead atoms. The van der Waals surface area contributed by atoms with Gasteiger partial charge in [-0.1, -0.05) is 18.6 Å². The van der Waals surface area contributed by atoms with Gasteiger partial charge in [-0.2, -0.15) is 0 Å². The van der Waals surface area contributed by atoms with Crippen molar-refractivity contribution in [2.75, 3.05) is 13.7 Å². The van der Waals surface area contributed by atoms with Crippen molar-refractivity contribution < 1.29 is 4.74 Å². The Morgan fingerprint density at radius 2 is 1.88 bits per heavy atom. The third kappa shape index (κ3) is 2.69. The molecule has 0 radical (unpaired) electrons. The van der Waals surface area contributed by atoms with Crippen molar-refractivity contribution in [2.24, 2.45) is 0 Å². The first-order valence-electron chi connectivity index (χ1n) is 5.64. The SMILES string of the molecule is COc1ccc(C2(C)CCCCN2)cc1.Cl. The van der Waals surface area contributed by atoms with Crippen molar-refractivity contribution in [3.63, 3.8) is 0 Å². The molecule has 3 heteroatoms. The molecule has 16 heavy (non-hydrogen) atoms. The molecule has 1 aliphatic heterocycles. The third-order valence-corrected chi connectivity index (χ3v) is 3.35. The van der Waals surface area contributed by atoms with E-state index in [1.54, 1.807) is 7.11 Å². The Balaban J connectivity index is 0.00000128. The second-order valence-corrected chi connectivity index (χ2v) is 4.44. The van der Waals surface area contributed by atoms with Crippen LogP contribution >= 0.6 is 12.4 Å². The number of benzene rings is 1. The number of piperidine rings is 1. The average molecular weight is 242 g/mol. The zero-order valence-corrected chi connectivity index (χ0v) is 10.8. The molecule has 0 spiro atoms. The molecule has 1 aliphatic rings. The van der Waals surface area contributed by atoms with Crippen LogP contribution in [0.5, 0.6) is 5.75 Å². The van der Waals surface area contributed by atoms with Gasteiger partial charge < -0.3 is 10.1 Å². The number of rotatable bonds is 2. The number of nitrogens with one attached hydrogen (secondary N) is 1. The van der Waals surface area contributed by atoms with Gasteiger partial charge in [0, 0.05) is 5.54 Å². The number of methoxy groups -OCH3 is 1. The molecule has 1 fully saturated rings. The number of hydrogen-bond acceptors (Lipinski definition) is 2. The monoisotopic (exact) mass is 241 g/mol. The molecule has 90 valence electrons. The highest BCUT2D eigenvalue weighted by molar-refractivity contribution is 5.85. The summed E-state index contributed by atoms with van der Waals surface area (Å²) in [5.41, 5.74) is 1.52. The van der Waals surface area contributed by atoms with Crippen LogP contribution in [0.1, 0.15) is 31.7 Å². The Morgan fingerprint density at radius 1 is 1.19 bits per heavy atom. The summed E-state index contributed by atoms with van der Waals surface area (Å²) in [6.07, 6.45) is 3.83. The molecule has 1 atom stereocenters. The molecule has 1 heterocycles. The lowest BCUT2D eigenvalue weighted by Gasteiger charge is -2.35. The molecule has 1 aromatic carbocycles. The van der Waals surface area contributed by atoms with Gasteiger partial charge in [-0.3, -0.25) is 0 Å². The third-order valence-electron chi connectivity index (χ3n) is 3.35. The summed E-state index contributed by atoms with van der Waals surface area (Å²) in [5, 5.41) is 3.61. The van der Waals surface area contributed by atoms with E-state index in [2.05, 4.69) is 24.4 Å². The highest BCUT2D eigenvalue weighted by Crippen LogP contribution is 2.30. The summed E-state index contributed by atoms with van der Waals surface area (Å²) in [6, 6.07) is 8.40. The highest BCUT2D eigenvalue weighted by Gasteiger charge is 2.27. The molecule has 0 aromatic heterocycles. The van der Waals surface area contributed by atoms with Crippen LogP contribution in [0.25, 0.3) is 0 Å². The first-order chi connectivity index (χ1) is 7.24. The molecule has 0 amide bonds. The van der Waals surface area contributed by atoms with Crippen LogP contribution in [-0.4, -0.2) is 13.7 Å². The van der Waals surface area contributed by atoms with Crippen molar-refractivity contribution in [3.8, 4) is 5.75 Å². The van der Waals surface area contributed by atoms with Crippen LogP contribution < -0.4 is 10.1 Å². The van der Waals surface area contributed by atoms with Crippen molar-refractivity contribution in [1.82, 2.24) is 5.32 Å². The summed E-state index contributed by atoms with van der Waals surface area (Å²) in [7, 11) is 1.70. The van der Waals surface area contributed by atoms with E-state index in [9.17, 15) is 0 Å². The fraction of sp³-hybridized carbons (Fsp3) is 0.538. The zero-order chi connectivity index (χ0) is 10.7. The van der Waals surface area contributed by atoms with Crippen molar-refractivity contribution in [3.05, 3.63) is 29.8 Å². The molecular formula is C13H20ClNO. The minimum Gasteiger partial charge on any atom is -0.497 e. The lowest BCUT2D eigenvalue weighted by molar-refractivity contribution is 0.283. The molecular weight excluding hydrogens is 222 g/mol. The van der Waals surface area contributed by atoms with Gasteiger partial charge in [-0.05, 0) is 44.0 Å². The predicted molar refractivity (Wildman–Crippen MR) is 69.4 cm³/mol. The lowest BCUT2D eigenvalue weighted by atomic mass is 9.84. The Bertz CT molecular complexity index is 317. The smallest absolute Gasteiger partial charge is 0.118 e. The topological polar surface area (TPSA) is 21.3 Å². The number of ether oxygens (including phenoxy) is 1. The van der Waals surface area contributed by atoms with E-state index in [4.69, 9.17) is 4.74 Å². The molecule has 1 saturated heterocycles. The molecule has 1 N–H and O–H groups in total. The summed E-state index contributed by atoms with van der Waals surface area (Å²) in [6.45, 7) is 3.41. The lowest BCUT2D eigenvalue weighted by Crippen LogP contribution is -2.43. The van der Waals surface area contributed by atoms with Crippen LogP contribution in [0.15, 0.2) is 24.3 Å². The molecule has 1 aromatic rings. The Kier molecular flexibility index (Phi) is 4.63. The van der Waals surface area contributed by atoms with E-state index < -0.39 is 0 Å². The summed E-state index contributed by atoms with van der Waals surface area (Å²) in [5.74, 6) is 0.929. The standard InChI is InChI=1S/C13H19NO.ClH/c1-13(9-3-4-10-14-13)11-5-7-12(15-2)8-6-11;/h5-8,14H,3-4,9-10H2,1-2H3;1H. The quantitative estimate of drug-likeness (QED) is 0.859. The Hall–Kier alpha value is -0.730. The Labute approximate surface area is 104 Å². The van der Waals surface area contributed by atoms with Gasteiger partial charge in [0.1, 0.15) is 5.75 Å². The predicted octanol–water partition coefficient (Wildman–Crippen LogP) is 3.11. The first kappa shape index (κ1) is 13.3. The van der Waals surface area contributed by atoms with Crippen molar-refractivity contribution in [2.45, 2.75) is 31.7 Å². The van der Waals surface area contributed by atoms with E-state index in [1.807, 2.05) is 12.1 Å². The number of halogens is 1. The van der Waals surface area contributed by atoms with Gasteiger partial charge in [-0.15, -0.1) is 12.4 Å². The van der Waals surface area contributed by atoms with Gasteiger partial charge >= 0.3 is 0 Å². The highest BCUT2D eigenvalue weighted by atomic mass is 35.5. The van der Waals surface area contributed by atoms with Gasteiger partial charge in [0.25, 0.3) is 0 Å². The summed E-state index contributed by atoms with van der Waals surface area (Å²) < 4.78 is 5.17. The normalized spacial score (nSPS) is 24.6. The molecule has 1 unspecified atom stereocenters. The van der Waals surface area contributed by atoms with Crippen LogP contribution in [0.3, 0.4) is 0 Å². The van der Waals surface area contributed by atoms with Crippen LogP contribution in [0, 0.1) is 0 Å². The van der Waals surface area contributed by atoms with Gasteiger partial charge in [0.2, 0.25) is 0 Å². The van der Waals surface area contributed by atoms with Gasteiger partial charge in [0.05, 0.1) is 7.11 Å².